The molecule has 0 aliphatic heterocycles. The first-order chi connectivity index (χ1) is 16.6. The summed E-state index contributed by atoms with van der Waals surface area (Å²) in [4.78, 5) is 10.1. The molecule has 0 fully saturated rings. The summed E-state index contributed by atoms with van der Waals surface area (Å²) in [5.74, 6) is 0.488. The van der Waals surface area contributed by atoms with Gasteiger partial charge in [0, 0.05) is 17.8 Å². The van der Waals surface area contributed by atoms with Crippen LogP contribution in [-0.4, -0.2) is 32.8 Å². The molecule has 0 radical (unpaired) electrons. The maximum absolute atomic E-state index is 13.1. The Morgan fingerprint density at radius 2 is 1.66 bits per heavy atom. The predicted molar refractivity (Wildman–Crippen MR) is 126 cm³/mol. The van der Waals surface area contributed by atoms with Crippen LogP contribution in [0.2, 0.25) is 0 Å². The number of nitrogens with zero attached hydrogens (tertiary/aromatic N) is 2. The molecule has 0 saturated heterocycles. The molecular weight excluding hydrogens is 486 g/mol. The highest BCUT2D eigenvalue weighted by molar-refractivity contribution is 7.92. The topological polar surface area (TPSA) is 132 Å². The highest BCUT2D eigenvalue weighted by Gasteiger charge is 2.23. The van der Waals surface area contributed by atoms with Crippen LogP contribution in [0.3, 0.4) is 0 Å². The van der Waals surface area contributed by atoms with E-state index in [0.29, 0.717) is 17.0 Å². The molecule has 10 nitrogen and oxygen atoms in total. The SMILES string of the molecule is COc1ccc(NS(=O)(=O)c2cc([N+](=O)[O-])ccc2N/N=C(/C)c2ccc(OC(F)F)cc2)cc1. The summed E-state index contributed by atoms with van der Waals surface area (Å²) in [6.07, 6.45) is 0. The highest BCUT2D eigenvalue weighted by Crippen LogP contribution is 2.29. The molecule has 0 aromatic heterocycles. The zero-order chi connectivity index (χ0) is 25.6. The summed E-state index contributed by atoms with van der Waals surface area (Å²) in [6, 6.07) is 15.0. The largest absolute Gasteiger partial charge is 0.497 e. The van der Waals surface area contributed by atoms with Crippen LogP contribution in [0.25, 0.3) is 0 Å². The molecule has 0 heterocycles. The molecule has 13 heteroatoms. The summed E-state index contributed by atoms with van der Waals surface area (Å²) in [5, 5.41) is 15.4. The Morgan fingerprint density at radius 3 is 2.23 bits per heavy atom. The zero-order valence-corrected chi connectivity index (χ0v) is 19.3. The Bertz CT molecular complexity index is 1330. The molecule has 35 heavy (non-hydrogen) atoms. The number of hydrogen-bond donors (Lipinski definition) is 2. The van der Waals surface area contributed by atoms with Crippen LogP contribution in [0.15, 0.2) is 76.7 Å². The molecule has 0 atom stereocenters. The summed E-state index contributed by atoms with van der Waals surface area (Å²) in [7, 11) is -2.80. The summed E-state index contributed by atoms with van der Waals surface area (Å²) >= 11 is 0. The molecule has 3 aromatic rings. The van der Waals surface area contributed by atoms with E-state index in [-0.39, 0.29) is 17.1 Å². The van der Waals surface area contributed by atoms with E-state index < -0.39 is 32.1 Å². The first kappa shape index (κ1) is 25.4. The highest BCUT2D eigenvalue weighted by atomic mass is 32.2. The van der Waals surface area contributed by atoms with Crippen LogP contribution in [-0.2, 0) is 10.0 Å². The van der Waals surface area contributed by atoms with Gasteiger partial charge in [-0.3, -0.25) is 20.3 Å². The van der Waals surface area contributed by atoms with Gasteiger partial charge in [0.1, 0.15) is 16.4 Å². The van der Waals surface area contributed by atoms with Crippen molar-refractivity contribution in [2.24, 2.45) is 5.10 Å². The average Bonchev–Trinajstić information content (AvgIpc) is 2.82. The van der Waals surface area contributed by atoms with E-state index in [1.807, 2.05) is 0 Å². The van der Waals surface area contributed by atoms with Gasteiger partial charge in [-0.05, 0) is 67.1 Å². The van der Waals surface area contributed by atoms with Crippen LogP contribution in [0, 0.1) is 10.1 Å². The quantitative estimate of drug-likeness (QED) is 0.228. The third kappa shape index (κ3) is 6.63. The molecule has 0 aliphatic rings. The second-order valence-electron chi connectivity index (χ2n) is 6.98. The van der Waals surface area contributed by atoms with Crippen LogP contribution in [0.5, 0.6) is 11.5 Å². The molecule has 3 rings (SSSR count). The number of non-ortho nitro benzene ring substituents is 1. The number of nitro benzene ring substituents is 1. The number of hydrogen-bond acceptors (Lipinski definition) is 8. The van der Waals surface area contributed by atoms with Gasteiger partial charge in [0.15, 0.2) is 0 Å². The molecule has 0 saturated carbocycles. The Hall–Kier alpha value is -4.26. The second kappa shape index (κ2) is 10.8. The molecule has 0 unspecified atom stereocenters. The average molecular weight is 506 g/mol. The van der Waals surface area contributed by atoms with E-state index in [4.69, 9.17) is 4.74 Å². The van der Waals surface area contributed by atoms with Crippen molar-refractivity contribution in [2.75, 3.05) is 17.3 Å². The zero-order valence-electron chi connectivity index (χ0n) is 18.4. The van der Waals surface area contributed by atoms with Crippen molar-refractivity contribution in [1.82, 2.24) is 0 Å². The molecule has 0 amide bonds. The minimum Gasteiger partial charge on any atom is -0.497 e. The van der Waals surface area contributed by atoms with Gasteiger partial charge in [-0.1, -0.05) is 0 Å². The Morgan fingerprint density at radius 1 is 1.03 bits per heavy atom. The molecule has 3 aromatic carbocycles. The fourth-order valence-electron chi connectivity index (χ4n) is 2.89. The van der Waals surface area contributed by atoms with Gasteiger partial charge in [-0.2, -0.15) is 13.9 Å². The van der Waals surface area contributed by atoms with Crippen LogP contribution in [0.1, 0.15) is 12.5 Å². The van der Waals surface area contributed by atoms with Crippen molar-refractivity contribution in [2.45, 2.75) is 18.4 Å². The van der Waals surface area contributed by atoms with Crippen LogP contribution < -0.4 is 19.6 Å². The van der Waals surface area contributed by atoms with Crippen molar-refractivity contribution < 1.29 is 31.6 Å². The molecule has 2 N–H and O–H groups in total. The number of nitro groups is 1. The lowest BCUT2D eigenvalue weighted by Crippen LogP contribution is -2.15. The van der Waals surface area contributed by atoms with Crippen molar-refractivity contribution in [3.8, 4) is 11.5 Å². The van der Waals surface area contributed by atoms with Crippen molar-refractivity contribution in [3.05, 3.63) is 82.4 Å². The number of sulfonamides is 1. The van der Waals surface area contributed by atoms with Gasteiger partial charge in [0.05, 0.1) is 23.4 Å². The third-order valence-corrected chi connectivity index (χ3v) is 6.07. The lowest BCUT2D eigenvalue weighted by Gasteiger charge is -2.13. The number of benzene rings is 3. The van der Waals surface area contributed by atoms with E-state index >= 15 is 0 Å². The summed E-state index contributed by atoms with van der Waals surface area (Å²) in [6.45, 7) is -1.35. The summed E-state index contributed by atoms with van der Waals surface area (Å²) in [5.41, 5.74) is 3.31. The number of anilines is 2. The molecule has 0 aliphatic carbocycles. The van der Waals surface area contributed by atoms with E-state index in [1.165, 1.54) is 49.6 Å². The number of ether oxygens (including phenoxy) is 2. The minimum absolute atomic E-state index is 0.0198. The number of methoxy groups -OCH3 is 1. The smallest absolute Gasteiger partial charge is 0.387 e. The third-order valence-electron chi connectivity index (χ3n) is 4.65. The van der Waals surface area contributed by atoms with Crippen LogP contribution >= 0.6 is 0 Å². The lowest BCUT2D eigenvalue weighted by molar-refractivity contribution is -0.385. The van der Waals surface area contributed by atoms with Crippen LogP contribution in [0.4, 0.5) is 25.8 Å². The van der Waals surface area contributed by atoms with E-state index in [0.717, 1.165) is 12.1 Å². The predicted octanol–water partition coefficient (Wildman–Crippen LogP) is 4.84. The van der Waals surface area contributed by atoms with Crippen molar-refractivity contribution in [1.29, 1.82) is 0 Å². The molecule has 184 valence electrons. The Labute approximate surface area is 199 Å². The molecular formula is C22H20F2N4O6S. The summed E-state index contributed by atoms with van der Waals surface area (Å²) < 4.78 is 62.5. The van der Waals surface area contributed by atoms with Crippen molar-refractivity contribution >= 4 is 32.8 Å². The lowest BCUT2D eigenvalue weighted by atomic mass is 10.1. The van der Waals surface area contributed by atoms with Gasteiger partial charge in [-0.25, -0.2) is 8.42 Å². The number of hydrazone groups is 1. The van der Waals surface area contributed by atoms with E-state index in [1.54, 1.807) is 19.1 Å². The fraction of sp³-hybridized carbons (Fsp3) is 0.136. The van der Waals surface area contributed by atoms with Gasteiger partial charge in [-0.15, -0.1) is 0 Å². The number of nitrogens with one attached hydrogen (secondary N) is 2. The Kier molecular flexibility index (Phi) is 7.81. The minimum atomic E-state index is -4.26. The fourth-order valence-corrected chi connectivity index (χ4v) is 4.13. The van der Waals surface area contributed by atoms with Gasteiger partial charge >= 0.3 is 6.61 Å². The first-order valence-corrected chi connectivity index (χ1v) is 11.4. The first-order valence-electron chi connectivity index (χ1n) is 9.90. The maximum Gasteiger partial charge on any atom is 0.387 e. The number of halogens is 2. The van der Waals surface area contributed by atoms with Gasteiger partial charge in [0.25, 0.3) is 15.7 Å². The number of alkyl halides is 2. The Balaban J connectivity index is 1.89. The second-order valence-corrected chi connectivity index (χ2v) is 8.63. The standard InChI is InChI=1S/C22H20F2N4O6S/c1-14(15-3-8-19(9-4-15)34-22(23)24)25-26-20-12-7-17(28(29)30)13-21(20)35(31,32)27-16-5-10-18(33-2)11-6-16/h3-13,22,26-27H,1-2H3/b25-14-. The normalized spacial score (nSPS) is 11.7. The number of rotatable bonds is 10. The molecule has 0 bridgehead atoms. The van der Waals surface area contributed by atoms with E-state index in [9.17, 15) is 27.3 Å². The van der Waals surface area contributed by atoms with Gasteiger partial charge in [0.2, 0.25) is 0 Å². The maximum atomic E-state index is 13.1. The monoisotopic (exact) mass is 506 g/mol. The van der Waals surface area contributed by atoms with Crippen molar-refractivity contribution in [3.63, 3.8) is 0 Å². The van der Waals surface area contributed by atoms with E-state index in [2.05, 4.69) is 20.0 Å². The molecule has 0 spiro atoms. The van der Waals surface area contributed by atoms with Gasteiger partial charge < -0.3 is 9.47 Å².